The van der Waals surface area contributed by atoms with Crippen LogP contribution in [-0.2, 0) is 0 Å². The van der Waals surface area contributed by atoms with Crippen LogP contribution in [0.15, 0.2) is 42.5 Å². The fraction of sp³-hybridized carbons (Fsp3) is 0. The lowest BCUT2D eigenvalue weighted by atomic mass is 10.2. The Morgan fingerprint density at radius 3 is 2.41 bits per heavy atom. The molecule has 0 aliphatic carbocycles. The van der Waals surface area contributed by atoms with Crippen molar-refractivity contribution in [2.24, 2.45) is 0 Å². The molecular formula is C13H7ClFNO. The van der Waals surface area contributed by atoms with E-state index < -0.39 is 5.82 Å². The molecule has 17 heavy (non-hydrogen) atoms. The fourth-order valence-corrected chi connectivity index (χ4v) is 1.45. The number of hydrogen-bond donors (Lipinski definition) is 0. The van der Waals surface area contributed by atoms with E-state index in [4.69, 9.17) is 21.6 Å². The van der Waals surface area contributed by atoms with Gasteiger partial charge < -0.3 is 4.74 Å². The number of ether oxygens (including phenoxy) is 1. The van der Waals surface area contributed by atoms with Crippen LogP contribution < -0.4 is 4.74 Å². The van der Waals surface area contributed by atoms with Crippen LogP contribution in [0.5, 0.6) is 11.5 Å². The first-order chi connectivity index (χ1) is 8.17. The molecule has 0 amide bonds. The van der Waals surface area contributed by atoms with Crippen molar-refractivity contribution in [1.82, 2.24) is 0 Å². The zero-order valence-electron chi connectivity index (χ0n) is 8.65. The first-order valence-electron chi connectivity index (χ1n) is 4.81. The Morgan fingerprint density at radius 2 is 1.76 bits per heavy atom. The molecule has 0 saturated heterocycles. The number of nitrogens with zero attached hydrogens (tertiary/aromatic N) is 1. The molecule has 0 spiro atoms. The van der Waals surface area contributed by atoms with Gasteiger partial charge in [-0.1, -0.05) is 11.6 Å². The van der Waals surface area contributed by atoms with Crippen molar-refractivity contribution in [3.8, 4) is 17.6 Å². The van der Waals surface area contributed by atoms with Crippen molar-refractivity contribution < 1.29 is 9.13 Å². The summed E-state index contributed by atoms with van der Waals surface area (Å²) < 4.78 is 18.5. The zero-order chi connectivity index (χ0) is 12.3. The Morgan fingerprint density at radius 1 is 1.06 bits per heavy atom. The lowest BCUT2D eigenvalue weighted by molar-refractivity contribution is 0.476. The lowest BCUT2D eigenvalue weighted by Gasteiger charge is -2.06. The summed E-state index contributed by atoms with van der Waals surface area (Å²) in [7, 11) is 0. The van der Waals surface area contributed by atoms with E-state index in [1.165, 1.54) is 12.1 Å². The molecule has 0 N–H and O–H groups in total. The van der Waals surface area contributed by atoms with Crippen LogP contribution in [0.3, 0.4) is 0 Å². The molecule has 2 aromatic carbocycles. The molecule has 2 aromatic rings. The average molecular weight is 248 g/mol. The van der Waals surface area contributed by atoms with E-state index in [0.29, 0.717) is 10.8 Å². The minimum atomic E-state index is -0.506. The van der Waals surface area contributed by atoms with E-state index in [9.17, 15) is 4.39 Å². The van der Waals surface area contributed by atoms with Crippen molar-refractivity contribution in [3.05, 3.63) is 58.9 Å². The van der Waals surface area contributed by atoms with Gasteiger partial charge in [0, 0.05) is 11.1 Å². The highest BCUT2D eigenvalue weighted by Crippen LogP contribution is 2.24. The summed E-state index contributed by atoms with van der Waals surface area (Å²) in [4.78, 5) is 0. The van der Waals surface area contributed by atoms with Gasteiger partial charge in [0.25, 0.3) is 0 Å². The Kier molecular flexibility index (Phi) is 3.27. The molecular weight excluding hydrogens is 241 g/mol. The van der Waals surface area contributed by atoms with E-state index in [-0.39, 0.29) is 11.3 Å². The molecule has 4 heteroatoms. The summed E-state index contributed by atoms with van der Waals surface area (Å²) in [6, 6.07) is 12.4. The molecule has 0 saturated carbocycles. The number of hydrogen-bond acceptors (Lipinski definition) is 2. The summed E-state index contributed by atoms with van der Waals surface area (Å²) in [5.74, 6) is 0.306. The topological polar surface area (TPSA) is 33.0 Å². The maximum atomic E-state index is 13.1. The molecule has 0 radical (unpaired) electrons. The Bertz CT molecular complexity index is 575. The maximum Gasteiger partial charge on any atom is 0.131 e. The third-order valence-electron chi connectivity index (χ3n) is 2.05. The monoisotopic (exact) mass is 247 g/mol. The van der Waals surface area contributed by atoms with Crippen LogP contribution in [0.2, 0.25) is 5.02 Å². The van der Waals surface area contributed by atoms with E-state index in [1.54, 1.807) is 24.3 Å². The molecule has 0 aromatic heterocycles. The summed E-state index contributed by atoms with van der Waals surface area (Å²) in [6.45, 7) is 0. The van der Waals surface area contributed by atoms with Crippen molar-refractivity contribution in [3.63, 3.8) is 0 Å². The molecule has 0 aliphatic rings. The van der Waals surface area contributed by atoms with Crippen LogP contribution in [0.25, 0.3) is 0 Å². The first kappa shape index (κ1) is 11.4. The quantitative estimate of drug-likeness (QED) is 0.799. The number of benzene rings is 2. The maximum absolute atomic E-state index is 13.1. The van der Waals surface area contributed by atoms with E-state index in [0.717, 1.165) is 6.07 Å². The highest BCUT2D eigenvalue weighted by atomic mass is 35.5. The van der Waals surface area contributed by atoms with Gasteiger partial charge in [0.05, 0.1) is 11.6 Å². The third kappa shape index (κ3) is 2.96. The summed E-state index contributed by atoms with van der Waals surface area (Å²) in [5.41, 5.74) is 0.217. The van der Waals surface area contributed by atoms with Crippen LogP contribution in [0.4, 0.5) is 4.39 Å². The number of rotatable bonds is 2. The van der Waals surface area contributed by atoms with Gasteiger partial charge in [-0.2, -0.15) is 5.26 Å². The van der Waals surface area contributed by atoms with Gasteiger partial charge in [-0.05, 0) is 36.4 Å². The molecule has 84 valence electrons. The highest BCUT2D eigenvalue weighted by molar-refractivity contribution is 6.30. The predicted octanol–water partition coefficient (Wildman–Crippen LogP) is 4.14. The highest BCUT2D eigenvalue weighted by Gasteiger charge is 2.02. The van der Waals surface area contributed by atoms with E-state index in [1.807, 2.05) is 6.07 Å². The second-order valence-corrected chi connectivity index (χ2v) is 3.78. The SMILES string of the molecule is N#Cc1cc(F)cc(Oc2ccc(Cl)cc2)c1. The molecule has 0 bridgehead atoms. The second kappa shape index (κ2) is 4.86. The smallest absolute Gasteiger partial charge is 0.131 e. The van der Waals surface area contributed by atoms with Gasteiger partial charge in [-0.25, -0.2) is 4.39 Å². The molecule has 0 unspecified atom stereocenters. The summed E-state index contributed by atoms with van der Waals surface area (Å²) >= 11 is 5.73. The largest absolute Gasteiger partial charge is 0.457 e. The van der Waals surface area contributed by atoms with Crippen LogP contribution in [0, 0.1) is 17.1 Å². The molecule has 0 aliphatic heterocycles. The molecule has 2 nitrogen and oxygen atoms in total. The van der Waals surface area contributed by atoms with Crippen molar-refractivity contribution in [1.29, 1.82) is 5.26 Å². The van der Waals surface area contributed by atoms with Crippen molar-refractivity contribution >= 4 is 11.6 Å². The van der Waals surface area contributed by atoms with Gasteiger partial charge in [0.1, 0.15) is 17.3 Å². The van der Waals surface area contributed by atoms with Gasteiger partial charge in [-0.3, -0.25) is 0 Å². The van der Waals surface area contributed by atoms with Gasteiger partial charge in [-0.15, -0.1) is 0 Å². The number of nitriles is 1. The molecule has 2 rings (SSSR count). The zero-order valence-corrected chi connectivity index (χ0v) is 9.41. The lowest BCUT2D eigenvalue weighted by Crippen LogP contribution is -1.87. The molecule has 0 atom stereocenters. The average Bonchev–Trinajstić information content (AvgIpc) is 2.31. The third-order valence-corrected chi connectivity index (χ3v) is 2.30. The summed E-state index contributed by atoms with van der Waals surface area (Å²) in [5, 5.41) is 9.29. The second-order valence-electron chi connectivity index (χ2n) is 3.34. The Hall–Kier alpha value is -2.05. The van der Waals surface area contributed by atoms with Gasteiger partial charge >= 0.3 is 0 Å². The molecule has 0 fully saturated rings. The van der Waals surface area contributed by atoms with Crippen molar-refractivity contribution in [2.45, 2.75) is 0 Å². The van der Waals surface area contributed by atoms with Crippen molar-refractivity contribution in [2.75, 3.05) is 0 Å². The van der Waals surface area contributed by atoms with E-state index in [2.05, 4.69) is 0 Å². The minimum absolute atomic E-state index is 0.217. The molecule has 0 heterocycles. The minimum Gasteiger partial charge on any atom is -0.457 e. The Labute approximate surface area is 103 Å². The van der Waals surface area contributed by atoms with E-state index >= 15 is 0 Å². The predicted molar refractivity (Wildman–Crippen MR) is 62.6 cm³/mol. The van der Waals surface area contributed by atoms with Crippen LogP contribution in [0.1, 0.15) is 5.56 Å². The Balaban J connectivity index is 2.27. The summed E-state index contributed by atoms with van der Waals surface area (Å²) in [6.07, 6.45) is 0. The van der Waals surface area contributed by atoms with Crippen LogP contribution >= 0.6 is 11.6 Å². The normalized spacial score (nSPS) is 9.71. The first-order valence-corrected chi connectivity index (χ1v) is 5.19. The number of halogens is 2. The van der Waals surface area contributed by atoms with Gasteiger partial charge in [0.2, 0.25) is 0 Å². The standard InChI is InChI=1S/C13H7ClFNO/c14-10-1-3-12(4-2-10)17-13-6-9(8-16)5-11(15)7-13/h1-7H. The van der Waals surface area contributed by atoms with Crippen LogP contribution in [-0.4, -0.2) is 0 Å². The van der Waals surface area contributed by atoms with Gasteiger partial charge in [0.15, 0.2) is 0 Å². The fourth-order valence-electron chi connectivity index (χ4n) is 1.32.